The molecule has 17 heavy (non-hydrogen) atoms. The molecule has 0 atom stereocenters. The van der Waals surface area contributed by atoms with E-state index in [1.165, 1.54) is 6.42 Å². The van der Waals surface area contributed by atoms with Crippen LogP contribution in [0, 0.1) is 0 Å². The lowest BCUT2D eigenvalue weighted by atomic mass is 10.1. The summed E-state index contributed by atoms with van der Waals surface area (Å²) in [6, 6.07) is 5.64. The first-order valence-electron chi connectivity index (χ1n) is 6.07. The van der Waals surface area contributed by atoms with Gasteiger partial charge in [-0.3, -0.25) is 4.79 Å². The summed E-state index contributed by atoms with van der Waals surface area (Å²) in [5.74, 6) is 0.140. The van der Waals surface area contributed by atoms with Crippen molar-refractivity contribution in [3.8, 4) is 0 Å². The molecular formula is C13H15N3O. The summed E-state index contributed by atoms with van der Waals surface area (Å²) in [6.07, 6.45) is 5.14. The molecule has 88 valence electrons. The summed E-state index contributed by atoms with van der Waals surface area (Å²) in [4.78, 5) is 21.4. The second-order valence-corrected chi connectivity index (χ2v) is 4.49. The summed E-state index contributed by atoms with van der Waals surface area (Å²) in [5, 5.41) is 0. The predicted octanol–water partition coefficient (Wildman–Crippen LogP) is 2.19. The lowest BCUT2D eigenvalue weighted by molar-refractivity contribution is 0.0724. The molecule has 2 aromatic rings. The van der Waals surface area contributed by atoms with Crippen molar-refractivity contribution in [2.75, 3.05) is 13.1 Å². The number of rotatable bonds is 1. The summed E-state index contributed by atoms with van der Waals surface area (Å²) in [7, 11) is 0. The molecule has 3 rings (SSSR count). The SMILES string of the molecule is O=C(c1ccc2nc[nH]c2c1)N1CCCCC1. The van der Waals surface area contributed by atoms with Crippen molar-refractivity contribution in [2.45, 2.75) is 19.3 Å². The third-order valence-corrected chi connectivity index (χ3v) is 3.31. The van der Waals surface area contributed by atoms with Crippen LogP contribution in [0.15, 0.2) is 24.5 Å². The molecular weight excluding hydrogens is 214 g/mol. The minimum Gasteiger partial charge on any atom is -0.345 e. The zero-order chi connectivity index (χ0) is 11.7. The van der Waals surface area contributed by atoms with Crippen LogP contribution in [0.1, 0.15) is 29.6 Å². The van der Waals surface area contributed by atoms with Gasteiger partial charge in [-0.1, -0.05) is 0 Å². The number of fused-ring (bicyclic) bond motifs is 1. The molecule has 1 saturated heterocycles. The molecule has 1 aromatic heterocycles. The molecule has 0 radical (unpaired) electrons. The van der Waals surface area contributed by atoms with Crippen molar-refractivity contribution in [2.24, 2.45) is 0 Å². The number of nitrogens with one attached hydrogen (secondary N) is 1. The highest BCUT2D eigenvalue weighted by atomic mass is 16.2. The molecule has 0 saturated carbocycles. The zero-order valence-electron chi connectivity index (χ0n) is 9.65. The van der Waals surface area contributed by atoms with E-state index in [4.69, 9.17) is 0 Å². The second-order valence-electron chi connectivity index (χ2n) is 4.49. The van der Waals surface area contributed by atoms with Gasteiger partial charge in [-0.25, -0.2) is 4.98 Å². The number of aromatic nitrogens is 2. The molecule has 4 nitrogen and oxygen atoms in total. The first-order valence-corrected chi connectivity index (χ1v) is 6.07. The van der Waals surface area contributed by atoms with Gasteiger partial charge >= 0.3 is 0 Å². The Hall–Kier alpha value is -1.84. The van der Waals surface area contributed by atoms with E-state index in [1.807, 2.05) is 23.1 Å². The van der Waals surface area contributed by atoms with Gasteiger partial charge in [0.15, 0.2) is 0 Å². The monoisotopic (exact) mass is 229 g/mol. The van der Waals surface area contributed by atoms with E-state index in [1.54, 1.807) is 6.33 Å². The highest BCUT2D eigenvalue weighted by Gasteiger charge is 2.18. The average molecular weight is 229 g/mol. The topological polar surface area (TPSA) is 49.0 Å². The van der Waals surface area contributed by atoms with E-state index in [0.29, 0.717) is 0 Å². The number of aromatic amines is 1. The number of hydrogen-bond donors (Lipinski definition) is 1. The third-order valence-electron chi connectivity index (χ3n) is 3.31. The van der Waals surface area contributed by atoms with Crippen molar-refractivity contribution in [1.29, 1.82) is 0 Å². The van der Waals surface area contributed by atoms with E-state index in [2.05, 4.69) is 9.97 Å². The lowest BCUT2D eigenvalue weighted by Crippen LogP contribution is -2.35. The number of hydrogen-bond acceptors (Lipinski definition) is 2. The van der Waals surface area contributed by atoms with Crippen molar-refractivity contribution in [1.82, 2.24) is 14.9 Å². The number of imidazole rings is 1. The standard InChI is InChI=1S/C13H15N3O/c17-13(16-6-2-1-3-7-16)10-4-5-11-12(8-10)15-9-14-11/h4-5,8-9H,1-3,6-7H2,(H,14,15). The number of likely N-dealkylation sites (tertiary alicyclic amines) is 1. The summed E-state index contributed by atoms with van der Waals surface area (Å²) >= 11 is 0. The molecule has 0 bridgehead atoms. The Bertz CT molecular complexity index is 540. The van der Waals surface area contributed by atoms with Crippen LogP contribution in [0.4, 0.5) is 0 Å². The van der Waals surface area contributed by atoms with Gasteiger partial charge in [-0.05, 0) is 37.5 Å². The molecule has 1 fully saturated rings. The number of carbonyl (C=O) groups is 1. The lowest BCUT2D eigenvalue weighted by Gasteiger charge is -2.26. The molecule has 1 N–H and O–H groups in total. The molecule has 1 amide bonds. The Kier molecular flexibility index (Phi) is 2.55. The van der Waals surface area contributed by atoms with Gasteiger partial charge in [0.25, 0.3) is 5.91 Å². The predicted molar refractivity (Wildman–Crippen MR) is 65.8 cm³/mol. The normalized spacial score (nSPS) is 16.4. The highest BCUT2D eigenvalue weighted by Crippen LogP contribution is 2.16. The number of H-pyrrole nitrogens is 1. The molecule has 2 heterocycles. The first kappa shape index (κ1) is 10.3. The fourth-order valence-electron chi connectivity index (χ4n) is 2.35. The Morgan fingerprint density at radius 2 is 2.06 bits per heavy atom. The van der Waals surface area contributed by atoms with Crippen LogP contribution in [0.5, 0.6) is 0 Å². The summed E-state index contributed by atoms with van der Waals surface area (Å²) in [5.41, 5.74) is 2.58. The highest BCUT2D eigenvalue weighted by molar-refractivity contribution is 5.97. The summed E-state index contributed by atoms with van der Waals surface area (Å²) in [6.45, 7) is 1.78. The smallest absolute Gasteiger partial charge is 0.253 e. The number of nitrogens with zero attached hydrogens (tertiary/aromatic N) is 2. The molecule has 1 aliphatic rings. The first-order chi connectivity index (χ1) is 8.34. The largest absolute Gasteiger partial charge is 0.345 e. The molecule has 1 aromatic carbocycles. The van der Waals surface area contributed by atoms with Crippen LogP contribution >= 0.6 is 0 Å². The molecule has 0 unspecified atom stereocenters. The van der Waals surface area contributed by atoms with Gasteiger partial charge in [0.2, 0.25) is 0 Å². The van der Waals surface area contributed by atoms with Crippen LogP contribution in [-0.4, -0.2) is 33.9 Å². The second kappa shape index (κ2) is 4.20. The van der Waals surface area contributed by atoms with Crippen molar-refractivity contribution in [3.63, 3.8) is 0 Å². The van der Waals surface area contributed by atoms with Gasteiger partial charge < -0.3 is 9.88 Å². The number of piperidine rings is 1. The summed E-state index contributed by atoms with van der Waals surface area (Å²) < 4.78 is 0. The zero-order valence-corrected chi connectivity index (χ0v) is 9.65. The van der Waals surface area contributed by atoms with E-state index in [9.17, 15) is 4.79 Å². The van der Waals surface area contributed by atoms with Crippen LogP contribution in [0.25, 0.3) is 11.0 Å². The molecule has 0 aliphatic carbocycles. The van der Waals surface area contributed by atoms with Gasteiger partial charge in [-0.15, -0.1) is 0 Å². The van der Waals surface area contributed by atoms with E-state index >= 15 is 0 Å². The van der Waals surface area contributed by atoms with E-state index in [-0.39, 0.29) is 5.91 Å². The molecule has 1 aliphatic heterocycles. The minimum absolute atomic E-state index is 0.140. The number of amides is 1. The van der Waals surface area contributed by atoms with Crippen molar-refractivity contribution >= 4 is 16.9 Å². The fraction of sp³-hybridized carbons (Fsp3) is 0.385. The Balaban J connectivity index is 1.88. The molecule has 0 spiro atoms. The number of benzene rings is 1. The van der Waals surface area contributed by atoms with Crippen LogP contribution in [0.3, 0.4) is 0 Å². The van der Waals surface area contributed by atoms with Gasteiger partial charge in [-0.2, -0.15) is 0 Å². The van der Waals surface area contributed by atoms with Crippen molar-refractivity contribution in [3.05, 3.63) is 30.1 Å². The quantitative estimate of drug-likeness (QED) is 0.814. The van der Waals surface area contributed by atoms with Crippen LogP contribution < -0.4 is 0 Å². The maximum Gasteiger partial charge on any atom is 0.253 e. The van der Waals surface area contributed by atoms with E-state index in [0.717, 1.165) is 42.5 Å². The Labute approximate surface area is 99.6 Å². The minimum atomic E-state index is 0.140. The maximum absolute atomic E-state index is 12.3. The fourth-order valence-corrected chi connectivity index (χ4v) is 2.35. The molecule has 4 heteroatoms. The Morgan fingerprint density at radius 1 is 1.24 bits per heavy atom. The van der Waals surface area contributed by atoms with Gasteiger partial charge in [0, 0.05) is 18.7 Å². The van der Waals surface area contributed by atoms with Crippen LogP contribution in [0.2, 0.25) is 0 Å². The van der Waals surface area contributed by atoms with Crippen LogP contribution in [-0.2, 0) is 0 Å². The van der Waals surface area contributed by atoms with E-state index < -0.39 is 0 Å². The maximum atomic E-state index is 12.3. The average Bonchev–Trinajstić information content (AvgIpc) is 2.86. The van der Waals surface area contributed by atoms with Crippen molar-refractivity contribution < 1.29 is 4.79 Å². The van der Waals surface area contributed by atoms with Gasteiger partial charge in [0.05, 0.1) is 17.4 Å². The van der Waals surface area contributed by atoms with Gasteiger partial charge in [0.1, 0.15) is 0 Å². The third kappa shape index (κ3) is 1.90. The Morgan fingerprint density at radius 3 is 2.88 bits per heavy atom. The number of carbonyl (C=O) groups excluding carboxylic acids is 1.